The molecule has 3 aromatic rings. The summed E-state index contributed by atoms with van der Waals surface area (Å²) in [6, 6.07) is 3.61. The summed E-state index contributed by atoms with van der Waals surface area (Å²) >= 11 is 0. The van der Waals surface area contributed by atoms with E-state index in [1.807, 2.05) is 23.9 Å². The van der Waals surface area contributed by atoms with E-state index in [0.29, 0.717) is 51.6 Å². The average Bonchev–Trinajstić information content (AvgIpc) is 3.41. The van der Waals surface area contributed by atoms with Crippen molar-refractivity contribution in [1.29, 1.82) is 0 Å². The first-order valence-electron chi connectivity index (χ1n) is 12.5. The van der Waals surface area contributed by atoms with Gasteiger partial charge in [0.1, 0.15) is 23.3 Å². The minimum Gasteiger partial charge on any atom is -0.485 e. The van der Waals surface area contributed by atoms with Crippen molar-refractivity contribution in [2.45, 2.75) is 31.4 Å². The second kappa shape index (κ2) is 7.79. The van der Waals surface area contributed by atoms with Crippen LogP contribution >= 0.6 is 0 Å². The van der Waals surface area contributed by atoms with E-state index in [9.17, 15) is 4.79 Å². The SMILES string of the molecule is [2H]C([2H])([2H])C(=O)Nc1cc2c(-c3cc(OC4COC4)c4c(n3)C3(CCOC3)OCC4)cn(C)c2cn1. The normalized spacial score (nSPS) is 24.1. The summed E-state index contributed by atoms with van der Waals surface area (Å²) in [5.41, 5.74) is 3.56. The predicted octanol–water partition coefficient (Wildman–Crippen LogP) is 2.56. The number of aromatic nitrogens is 3. The summed E-state index contributed by atoms with van der Waals surface area (Å²) in [5.74, 6) is -0.168. The summed E-state index contributed by atoms with van der Waals surface area (Å²) in [7, 11) is 1.89. The van der Waals surface area contributed by atoms with Crippen molar-refractivity contribution in [3.63, 3.8) is 0 Å². The summed E-state index contributed by atoms with van der Waals surface area (Å²) in [4.78, 5) is 21.4. The van der Waals surface area contributed by atoms with E-state index in [1.165, 1.54) is 0 Å². The molecule has 1 atom stereocenters. The maximum Gasteiger partial charge on any atom is 0.222 e. The number of nitrogens with zero attached hydrogens (tertiary/aromatic N) is 3. The zero-order chi connectivity index (χ0) is 25.1. The number of aryl methyl sites for hydroxylation is 1. The van der Waals surface area contributed by atoms with Gasteiger partial charge in [-0.05, 0) is 6.07 Å². The van der Waals surface area contributed by atoms with Crippen molar-refractivity contribution in [3.05, 3.63) is 35.8 Å². The van der Waals surface area contributed by atoms with Crippen LogP contribution < -0.4 is 10.1 Å². The molecule has 3 aliphatic heterocycles. The van der Waals surface area contributed by atoms with E-state index in [0.717, 1.165) is 33.5 Å². The van der Waals surface area contributed by atoms with Crippen LogP contribution in [0.25, 0.3) is 22.2 Å². The zero-order valence-corrected chi connectivity index (χ0v) is 18.2. The number of hydrogen-bond donors (Lipinski definition) is 1. The fourth-order valence-corrected chi connectivity index (χ4v) is 4.80. The Labute approximate surface area is 195 Å². The number of carbonyl (C=O) groups is 1. The lowest BCUT2D eigenvalue weighted by atomic mass is 9.89. The highest BCUT2D eigenvalue weighted by molar-refractivity contribution is 5.98. The van der Waals surface area contributed by atoms with Crippen molar-refractivity contribution in [2.24, 2.45) is 7.05 Å². The molecule has 0 aromatic carbocycles. The van der Waals surface area contributed by atoms with E-state index in [1.54, 1.807) is 12.3 Å². The molecule has 6 rings (SSSR count). The first kappa shape index (κ1) is 17.5. The van der Waals surface area contributed by atoms with Crippen LogP contribution in [0.1, 0.15) is 28.6 Å². The molecule has 3 aliphatic rings. The molecule has 0 aliphatic carbocycles. The van der Waals surface area contributed by atoms with Gasteiger partial charge < -0.3 is 28.8 Å². The number of ether oxygens (including phenoxy) is 4. The first-order valence-corrected chi connectivity index (χ1v) is 11.0. The summed E-state index contributed by atoms with van der Waals surface area (Å²) < 4.78 is 47.6. The zero-order valence-electron chi connectivity index (χ0n) is 21.2. The highest BCUT2D eigenvalue weighted by atomic mass is 16.6. The molecule has 0 saturated carbocycles. The van der Waals surface area contributed by atoms with Gasteiger partial charge in [-0.3, -0.25) is 4.79 Å². The third-order valence-electron chi connectivity index (χ3n) is 6.53. The van der Waals surface area contributed by atoms with E-state index in [-0.39, 0.29) is 11.9 Å². The van der Waals surface area contributed by atoms with E-state index >= 15 is 0 Å². The Kier molecular flexibility index (Phi) is 4.12. The molecule has 9 heteroatoms. The number of anilines is 1. The Balaban J connectivity index is 1.48. The molecule has 9 nitrogen and oxygen atoms in total. The molecule has 1 unspecified atom stereocenters. The first-order chi connectivity index (χ1) is 17.2. The lowest BCUT2D eigenvalue weighted by Gasteiger charge is -2.36. The Hall–Kier alpha value is -3.01. The Bertz CT molecular complexity index is 1350. The quantitative estimate of drug-likeness (QED) is 0.649. The molecule has 1 amide bonds. The molecule has 2 fully saturated rings. The lowest BCUT2D eigenvalue weighted by Crippen LogP contribution is -2.40. The number of rotatable bonds is 4. The largest absolute Gasteiger partial charge is 0.485 e. The van der Waals surface area contributed by atoms with Crippen LogP contribution in [0.5, 0.6) is 5.75 Å². The smallest absolute Gasteiger partial charge is 0.222 e. The van der Waals surface area contributed by atoms with Crippen molar-refractivity contribution < 1.29 is 27.9 Å². The van der Waals surface area contributed by atoms with Gasteiger partial charge in [-0.25, -0.2) is 9.97 Å². The third kappa shape index (κ3) is 3.47. The number of amides is 1. The fraction of sp³-hybridized carbons (Fsp3) is 0.458. The van der Waals surface area contributed by atoms with Crippen LogP contribution in [0.3, 0.4) is 0 Å². The summed E-state index contributed by atoms with van der Waals surface area (Å²) in [6.07, 6.45) is 4.94. The van der Waals surface area contributed by atoms with Crippen LogP contribution in [-0.2, 0) is 38.1 Å². The second-order valence-electron chi connectivity index (χ2n) is 8.70. The number of nitrogens with one attached hydrogen (secondary N) is 1. The maximum absolute atomic E-state index is 12.0. The van der Waals surface area contributed by atoms with Gasteiger partial charge in [-0.1, -0.05) is 0 Å². The highest BCUT2D eigenvalue weighted by Gasteiger charge is 2.44. The molecule has 1 N–H and O–H groups in total. The van der Waals surface area contributed by atoms with Crippen LogP contribution in [0.4, 0.5) is 5.82 Å². The van der Waals surface area contributed by atoms with Gasteiger partial charge in [0.05, 0.1) is 49.5 Å². The van der Waals surface area contributed by atoms with E-state index in [4.69, 9.17) is 28.0 Å². The second-order valence-corrected chi connectivity index (χ2v) is 8.70. The van der Waals surface area contributed by atoms with Gasteiger partial charge in [-0.15, -0.1) is 0 Å². The van der Waals surface area contributed by atoms with Gasteiger partial charge in [-0.2, -0.15) is 0 Å². The molecular weight excluding hydrogens is 424 g/mol. The van der Waals surface area contributed by atoms with Crippen molar-refractivity contribution in [2.75, 3.05) is 38.4 Å². The molecule has 6 heterocycles. The molecule has 1 spiro atoms. The van der Waals surface area contributed by atoms with Crippen molar-refractivity contribution in [1.82, 2.24) is 14.5 Å². The minimum absolute atomic E-state index is 0.0126. The number of carbonyl (C=O) groups excluding carboxylic acids is 1. The molecule has 0 radical (unpaired) electrons. The van der Waals surface area contributed by atoms with Gasteiger partial charge in [0.15, 0.2) is 0 Å². The molecular formula is C24H26N4O5. The lowest BCUT2D eigenvalue weighted by molar-refractivity contribution is -0.114. The highest BCUT2D eigenvalue weighted by Crippen LogP contribution is 2.44. The van der Waals surface area contributed by atoms with Gasteiger partial charge >= 0.3 is 0 Å². The molecule has 0 bridgehead atoms. The van der Waals surface area contributed by atoms with Crippen LogP contribution in [0.2, 0.25) is 0 Å². The van der Waals surface area contributed by atoms with Crippen molar-refractivity contribution >= 4 is 22.6 Å². The van der Waals surface area contributed by atoms with Crippen LogP contribution in [0.15, 0.2) is 24.5 Å². The van der Waals surface area contributed by atoms with Gasteiger partial charge in [0.25, 0.3) is 0 Å². The van der Waals surface area contributed by atoms with Crippen LogP contribution in [-0.4, -0.2) is 59.6 Å². The van der Waals surface area contributed by atoms with Gasteiger partial charge in [0.2, 0.25) is 5.91 Å². The molecule has 172 valence electrons. The van der Waals surface area contributed by atoms with E-state index in [2.05, 4.69) is 10.3 Å². The number of hydrogen-bond acceptors (Lipinski definition) is 7. The summed E-state index contributed by atoms with van der Waals surface area (Å²) in [6.45, 7) is -0.0717. The number of fused-ring (bicyclic) bond motifs is 3. The van der Waals surface area contributed by atoms with E-state index < -0.39 is 18.4 Å². The van der Waals surface area contributed by atoms with Crippen LogP contribution in [0, 0.1) is 0 Å². The average molecular weight is 454 g/mol. The summed E-state index contributed by atoms with van der Waals surface area (Å²) in [5, 5.41) is 3.16. The van der Waals surface area contributed by atoms with Gasteiger partial charge in [0, 0.05) is 66.2 Å². The topological polar surface area (TPSA) is 96.7 Å². The molecule has 3 aromatic heterocycles. The Morgan fingerprint density at radius 3 is 3.00 bits per heavy atom. The maximum atomic E-state index is 12.0. The standard InChI is InChI=1S/C24H26N4O5/c1-14(29)26-22-7-17-18(10-28(2)20(17)9-25-22)19-8-21(33-15-11-31-12-15)16-3-5-32-24(23(16)27-19)4-6-30-13-24/h7-10,15H,3-6,11-13H2,1-2H3,(H,25,26,29)/i1D3. The Morgan fingerprint density at radius 1 is 1.33 bits per heavy atom. The Morgan fingerprint density at radius 2 is 2.24 bits per heavy atom. The third-order valence-corrected chi connectivity index (χ3v) is 6.53. The molecule has 2 saturated heterocycles. The molecule has 33 heavy (non-hydrogen) atoms. The predicted molar refractivity (Wildman–Crippen MR) is 120 cm³/mol. The van der Waals surface area contributed by atoms with Crippen molar-refractivity contribution in [3.8, 4) is 17.0 Å². The number of pyridine rings is 2. The monoisotopic (exact) mass is 453 g/mol. The minimum atomic E-state index is -2.77. The fourth-order valence-electron chi connectivity index (χ4n) is 4.80.